The molecule has 0 aliphatic rings. The molecule has 1 unspecified atom stereocenters. The zero-order valence-corrected chi connectivity index (χ0v) is 14.1. The Kier molecular flexibility index (Phi) is 7.44. The number of hydrogen-bond acceptors (Lipinski definition) is 5. The summed E-state index contributed by atoms with van der Waals surface area (Å²) in [6.45, 7) is 3.29. The second-order valence-corrected chi connectivity index (χ2v) is 5.61. The second kappa shape index (κ2) is 9.07. The molecule has 0 fully saturated rings. The molecule has 1 aromatic carbocycles. The number of halogens is 1. The maximum atomic E-state index is 12.1. The minimum absolute atomic E-state index is 0.118. The van der Waals surface area contributed by atoms with Crippen molar-refractivity contribution < 1.29 is 24.4 Å². The molecule has 0 spiro atoms. The van der Waals surface area contributed by atoms with E-state index in [1.54, 1.807) is 0 Å². The zero-order valence-electron chi connectivity index (χ0n) is 13.3. The Bertz CT molecular complexity index is 622. The van der Waals surface area contributed by atoms with Crippen LogP contribution in [0, 0.1) is 10.1 Å². The number of amides is 1. The van der Waals surface area contributed by atoms with E-state index < -0.39 is 28.9 Å². The Labute approximate surface area is 143 Å². The number of carbonyl (C=O) groups excluding carboxylic acids is 1. The Morgan fingerprint density at radius 3 is 2.67 bits per heavy atom. The highest BCUT2D eigenvalue weighted by Gasteiger charge is 2.25. The van der Waals surface area contributed by atoms with Crippen LogP contribution in [0.15, 0.2) is 18.2 Å². The van der Waals surface area contributed by atoms with Crippen LogP contribution in [0.3, 0.4) is 0 Å². The Morgan fingerprint density at radius 1 is 1.46 bits per heavy atom. The van der Waals surface area contributed by atoms with Gasteiger partial charge in [-0.2, -0.15) is 0 Å². The quantitative estimate of drug-likeness (QED) is 0.517. The number of aliphatic carboxylic acids is 1. The minimum atomic E-state index is -1.14. The molecule has 0 aliphatic heterocycles. The van der Waals surface area contributed by atoms with Gasteiger partial charge in [0.25, 0.3) is 5.91 Å². The van der Waals surface area contributed by atoms with Gasteiger partial charge in [-0.25, -0.2) is 4.79 Å². The average Bonchev–Trinajstić information content (AvgIpc) is 2.52. The summed E-state index contributed by atoms with van der Waals surface area (Å²) in [5.74, 6) is -1.92. The van der Waals surface area contributed by atoms with Crippen LogP contribution in [0.2, 0.25) is 5.02 Å². The fourth-order valence-corrected chi connectivity index (χ4v) is 2.10. The van der Waals surface area contributed by atoms with E-state index in [-0.39, 0.29) is 16.5 Å². The molecule has 1 aromatic rings. The molecule has 0 saturated heterocycles. The van der Waals surface area contributed by atoms with Crippen LogP contribution in [-0.4, -0.2) is 34.1 Å². The third kappa shape index (κ3) is 5.69. The van der Waals surface area contributed by atoms with Crippen molar-refractivity contribution >= 4 is 29.2 Å². The normalized spacial score (nSPS) is 13.0. The number of carboxylic acid groups (broad SMARTS) is 1. The number of nitrogens with zero attached hydrogens (tertiary/aromatic N) is 1. The number of benzene rings is 1. The van der Waals surface area contributed by atoms with Crippen LogP contribution in [0.4, 0.5) is 5.69 Å². The number of rotatable bonds is 9. The molecule has 0 aliphatic carbocycles. The van der Waals surface area contributed by atoms with Gasteiger partial charge in [-0.1, -0.05) is 31.4 Å². The Hall–Kier alpha value is -2.35. The number of ether oxygens (including phenoxy) is 1. The van der Waals surface area contributed by atoms with Crippen molar-refractivity contribution in [2.75, 3.05) is 0 Å². The summed E-state index contributed by atoms with van der Waals surface area (Å²) in [5.41, 5.74) is -0.372. The molecular formula is C15H19ClN2O6. The average molecular weight is 359 g/mol. The molecule has 0 heterocycles. The fourth-order valence-electron chi connectivity index (χ4n) is 1.93. The summed E-state index contributed by atoms with van der Waals surface area (Å²) in [6, 6.07) is 2.78. The van der Waals surface area contributed by atoms with Gasteiger partial charge in [0.05, 0.1) is 4.92 Å². The summed E-state index contributed by atoms with van der Waals surface area (Å²) in [6.07, 6.45) is 0.636. The highest BCUT2D eigenvalue weighted by molar-refractivity contribution is 6.30. The van der Waals surface area contributed by atoms with Gasteiger partial charge < -0.3 is 15.2 Å². The first-order valence-corrected chi connectivity index (χ1v) is 7.77. The third-order valence-corrected chi connectivity index (χ3v) is 3.49. The van der Waals surface area contributed by atoms with E-state index in [9.17, 15) is 19.7 Å². The predicted molar refractivity (Wildman–Crippen MR) is 87.3 cm³/mol. The summed E-state index contributed by atoms with van der Waals surface area (Å²) < 4.78 is 5.30. The molecule has 0 radical (unpaired) electrons. The van der Waals surface area contributed by atoms with Crippen LogP contribution in [0.5, 0.6) is 5.75 Å². The lowest BCUT2D eigenvalue weighted by Gasteiger charge is -2.18. The van der Waals surface area contributed by atoms with Crippen molar-refractivity contribution in [3.63, 3.8) is 0 Å². The van der Waals surface area contributed by atoms with E-state index in [0.717, 1.165) is 12.5 Å². The molecule has 1 amide bonds. The lowest BCUT2D eigenvalue weighted by Crippen LogP contribution is -2.46. The molecule has 0 saturated carbocycles. The molecule has 8 nitrogen and oxygen atoms in total. The Morgan fingerprint density at radius 2 is 2.12 bits per heavy atom. The fraction of sp³-hybridized carbons (Fsp3) is 0.467. The van der Waals surface area contributed by atoms with Gasteiger partial charge in [0.2, 0.25) is 0 Å². The van der Waals surface area contributed by atoms with Gasteiger partial charge in [0.15, 0.2) is 11.9 Å². The number of unbranched alkanes of at least 4 members (excludes halogenated alkanes) is 1. The van der Waals surface area contributed by atoms with Crippen molar-refractivity contribution in [1.29, 1.82) is 0 Å². The van der Waals surface area contributed by atoms with Crippen LogP contribution in [0.25, 0.3) is 0 Å². The molecule has 9 heteroatoms. The van der Waals surface area contributed by atoms with Crippen molar-refractivity contribution in [3.8, 4) is 5.75 Å². The molecule has 132 valence electrons. The smallest absolute Gasteiger partial charge is 0.326 e. The number of nitro benzene ring substituents is 1. The Balaban J connectivity index is 2.80. The predicted octanol–water partition coefficient (Wildman–Crippen LogP) is 2.78. The number of hydrogen-bond donors (Lipinski definition) is 2. The number of carboxylic acids is 1. The molecular weight excluding hydrogens is 340 g/mol. The first kappa shape index (κ1) is 19.7. The molecule has 1 rings (SSSR count). The van der Waals surface area contributed by atoms with E-state index in [2.05, 4.69) is 5.32 Å². The standard InChI is InChI=1S/C15H19ClN2O6/c1-3-4-5-11(15(20)21)17-14(19)9(2)24-13-7-6-10(16)8-12(13)18(22)23/h6-9,11H,3-5H2,1-2H3,(H,17,19)(H,20,21)/t9?,11-/m0/s1. The molecule has 0 bridgehead atoms. The molecule has 2 N–H and O–H groups in total. The van der Waals surface area contributed by atoms with Gasteiger partial charge in [-0.15, -0.1) is 0 Å². The van der Waals surface area contributed by atoms with Crippen LogP contribution < -0.4 is 10.1 Å². The summed E-state index contributed by atoms with van der Waals surface area (Å²) in [4.78, 5) is 33.5. The van der Waals surface area contributed by atoms with E-state index in [4.69, 9.17) is 21.4 Å². The molecule has 24 heavy (non-hydrogen) atoms. The van der Waals surface area contributed by atoms with Gasteiger partial charge >= 0.3 is 11.7 Å². The van der Waals surface area contributed by atoms with Crippen molar-refractivity contribution in [2.45, 2.75) is 45.3 Å². The van der Waals surface area contributed by atoms with Crippen molar-refractivity contribution in [2.24, 2.45) is 0 Å². The topological polar surface area (TPSA) is 119 Å². The van der Waals surface area contributed by atoms with Gasteiger partial charge in [0, 0.05) is 11.1 Å². The second-order valence-electron chi connectivity index (χ2n) is 5.17. The first-order chi connectivity index (χ1) is 11.3. The summed E-state index contributed by atoms with van der Waals surface area (Å²) in [7, 11) is 0. The van der Waals surface area contributed by atoms with Gasteiger partial charge in [-0.3, -0.25) is 14.9 Å². The summed E-state index contributed by atoms with van der Waals surface area (Å²) in [5, 5.41) is 22.6. The van der Waals surface area contributed by atoms with E-state index in [0.29, 0.717) is 12.8 Å². The number of nitrogens with one attached hydrogen (secondary N) is 1. The lowest BCUT2D eigenvalue weighted by atomic mass is 10.1. The van der Waals surface area contributed by atoms with Gasteiger partial charge in [-0.05, 0) is 25.5 Å². The van der Waals surface area contributed by atoms with E-state index in [1.807, 2.05) is 6.92 Å². The highest BCUT2D eigenvalue weighted by atomic mass is 35.5. The third-order valence-electron chi connectivity index (χ3n) is 3.25. The monoisotopic (exact) mass is 358 g/mol. The maximum Gasteiger partial charge on any atom is 0.326 e. The van der Waals surface area contributed by atoms with Crippen molar-refractivity contribution in [3.05, 3.63) is 33.3 Å². The van der Waals surface area contributed by atoms with Crippen molar-refractivity contribution in [1.82, 2.24) is 5.32 Å². The summed E-state index contributed by atoms with van der Waals surface area (Å²) >= 11 is 5.71. The number of nitro groups is 1. The van der Waals surface area contributed by atoms with E-state index >= 15 is 0 Å². The van der Waals surface area contributed by atoms with Crippen LogP contribution in [-0.2, 0) is 9.59 Å². The van der Waals surface area contributed by atoms with E-state index in [1.165, 1.54) is 19.1 Å². The van der Waals surface area contributed by atoms with Crippen LogP contribution in [0.1, 0.15) is 33.1 Å². The molecule has 0 aromatic heterocycles. The first-order valence-electron chi connectivity index (χ1n) is 7.40. The number of carbonyl (C=O) groups is 2. The largest absolute Gasteiger partial charge is 0.480 e. The van der Waals surface area contributed by atoms with Crippen LogP contribution >= 0.6 is 11.6 Å². The maximum absolute atomic E-state index is 12.1. The van der Waals surface area contributed by atoms with Gasteiger partial charge in [0.1, 0.15) is 6.04 Å². The lowest BCUT2D eigenvalue weighted by molar-refractivity contribution is -0.386. The molecule has 2 atom stereocenters. The minimum Gasteiger partial charge on any atom is -0.480 e. The SMILES string of the molecule is CCCC[C@H](NC(=O)C(C)Oc1ccc(Cl)cc1[N+](=O)[O-])C(=O)O. The zero-order chi connectivity index (χ0) is 18.3. The highest BCUT2D eigenvalue weighted by Crippen LogP contribution is 2.30.